The van der Waals surface area contributed by atoms with Gasteiger partial charge in [0, 0.05) is 11.8 Å². The van der Waals surface area contributed by atoms with E-state index >= 15 is 0 Å². The van der Waals surface area contributed by atoms with E-state index in [2.05, 4.69) is 5.10 Å². The molecule has 1 heterocycles. The number of aryl methyl sites for hydroxylation is 1. The molecule has 5 nitrogen and oxygen atoms in total. The number of halogens is 1. The van der Waals surface area contributed by atoms with Crippen molar-refractivity contribution < 1.29 is 14.3 Å². The molecular formula is C13H14FN3O2. The number of amides is 1. The Bertz CT molecular complexity index is 635. The summed E-state index contributed by atoms with van der Waals surface area (Å²) in [5.74, 6) is -1.04. The summed E-state index contributed by atoms with van der Waals surface area (Å²) >= 11 is 0. The molecule has 0 fully saturated rings. The van der Waals surface area contributed by atoms with E-state index < -0.39 is 17.8 Å². The van der Waals surface area contributed by atoms with Gasteiger partial charge in [0.2, 0.25) is 0 Å². The third-order valence-corrected chi connectivity index (χ3v) is 2.85. The molecule has 6 heteroatoms. The number of primary amides is 1. The highest BCUT2D eigenvalue weighted by molar-refractivity contribution is 5.90. The van der Waals surface area contributed by atoms with Crippen molar-refractivity contribution in [1.82, 2.24) is 9.78 Å². The van der Waals surface area contributed by atoms with Crippen molar-refractivity contribution in [2.75, 3.05) is 0 Å². The molecule has 0 saturated heterocycles. The molecule has 1 aromatic carbocycles. The number of carbonyl (C=O) groups excluding carboxylic acids is 1. The Morgan fingerprint density at radius 2 is 2.21 bits per heavy atom. The van der Waals surface area contributed by atoms with Gasteiger partial charge in [-0.2, -0.15) is 5.10 Å². The van der Waals surface area contributed by atoms with Crippen LogP contribution in [0.1, 0.15) is 34.6 Å². The molecule has 0 radical (unpaired) electrons. The first-order chi connectivity index (χ1) is 8.90. The second kappa shape index (κ2) is 4.81. The van der Waals surface area contributed by atoms with Gasteiger partial charge in [-0.3, -0.25) is 4.79 Å². The summed E-state index contributed by atoms with van der Waals surface area (Å²) in [6.45, 7) is 3.15. The van der Waals surface area contributed by atoms with Crippen LogP contribution in [0.2, 0.25) is 0 Å². The Hall–Kier alpha value is -2.21. The van der Waals surface area contributed by atoms with Gasteiger partial charge in [0.25, 0.3) is 5.91 Å². The molecule has 0 bridgehead atoms. The van der Waals surface area contributed by atoms with E-state index in [1.807, 2.05) is 0 Å². The molecule has 0 aliphatic carbocycles. The van der Waals surface area contributed by atoms with Crippen molar-refractivity contribution in [3.63, 3.8) is 0 Å². The van der Waals surface area contributed by atoms with E-state index in [0.717, 1.165) is 0 Å². The Labute approximate surface area is 109 Å². The summed E-state index contributed by atoms with van der Waals surface area (Å²) in [7, 11) is 0. The first-order valence-corrected chi connectivity index (χ1v) is 5.74. The highest BCUT2D eigenvalue weighted by atomic mass is 19.1. The van der Waals surface area contributed by atoms with Crippen molar-refractivity contribution in [3.05, 3.63) is 47.0 Å². The van der Waals surface area contributed by atoms with Gasteiger partial charge in [-0.05, 0) is 37.6 Å². The fraction of sp³-hybridized carbons (Fsp3) is 0.231. The second-order valence-corrected chi connectivity index (χ2v) is 4.35. The van der Waals surface area contributed by atoms with Crippen molar-refractivity contribution in [2.24, 2.45) is 5.73 Å². The van der Waals surface area contributed by atoms with Crippen LogP contribution in [0.15, 0.2) is 24.4 Å². The Morgan fingerprint density at radius 1 is 1.53 bits per heavy atom. The fourth-order valence-corrected chi connectivity index (χ4v) is 1.80. The van der Waals surface area contributed by atoms with Crippen LogP contribution in [0.3, 0.4) is 0 Å². The number of nitrogens with zero attached hydrogens (tertiary/aromatic N) is 2. The van der Waals surface area contributed by atoms with Gasteiger partial charge >= 0.3 is 0 Å². The summed E-state index contributed by atoms with van der Waals surface area (Å²) in [5.41, 5.74) is 6.58. The van der Waals surface area contributed by atoms with Gasteiger partial charge in [-0.25, -0.2) is 9.07 Å². The van der Waals surface area contributed by atoms with Gasteiger partial charge in [0.05, 0.1) is 11.8 Å². The van der Waals surface area contributed by atoms with Crippen molar-refractivity contribution >= 4 is 5.91 Å². The van der Waals surface area contributed by atoms with E-state index in [1.54, 1.807) is 19.2 Å². The maximum atomic E-state index is 13.6. The third kappa shape index (κ3) is 2.48. The fourth-order valence-electron chi connectivity index (χ4n) is 1.80. The van der Waals surface area contributed by atoms with Gasteiger partial charge in [0.1, 0.15) is 11.5 Å². The summed E-state index contributed by atoms with van der Waals surface area (Å²) < 4.78 is 15.0. The molecule has 19 heavy (non-hydrogen) atoms. The molecular weight excluding hydrogens is 249 g/mol. The molecule has 0 aliphatic heterocycles. The third-order valence-electron chi connectivity index (χ3n) is 2.85. The minimum Gasteiger partial charge on any atom is -0.389 e. The van der Waals surface area contributed by atoms with Gasteiger partial charge < -0.3 is 10.8 Å². The number of aromatic nitrogens is 2. The standard InChI is InChI=1S/C13H14FN3O2/c1-7-5-12(9(8(2)18)6-10(7)14)17-4-3-11(16-17)13(15)19/h3-6,8,18H,1-2H3,(H2,15,19)/t8-/m0/s1. The van der Waals surface area contributed by atoms with E-state index in [4.69, 9.17) is 5.73 Å². The van der Waals surface area contributed by atoms with Crippen LogP contribution in [-0.4, -0.2) is 20.8 Å². The SMILES string of the molecule is Cc1cc(-n2ccc(C(N)=O)n2)c([C@H](C)O)cc1F. The highest BCUT2D eigenvalue weighted by Crippen LogP contribution is 2.24. The zero-order valence-corrected chi connectivity index (χ0v) is 10.6. The molecule has 2 aromatic rings. The Morgan fingerprint density at radius 3 is 2.74 bits per heavy atom. The number of benzene rings is 1. The highest BCUT2D eigenvalue weighted by Gasteiger charge is 2.15. The number of carbonyl (C=O) groups is 1. The summed E-state index contributed by atoms with van der Waals surface area (Å²) in [4.78, 5) is 11.0. The molecule has 0 spiro atoms. The second-order valence-electron chi connectivity index (χ2n) is 4.35. The van der Waals surface area contributed by atoms with Gasteiger partial charge in [-0.1, -0.05) is 0 Å². The predicted molar refractivity (Wildman–Crippen MR) is 67.4 cm³/mol. The lowest BCUT2D eigenvalue weighted by Crippen LogP contribution is -2.13. The normalized spacial score (nSPS) is 12.4. The molecule has 1 atom stereocenters. The average Bonchev–Trinajstić information content (AvgIpc) is 2.81. The summed E-state index contributed by atoms with van der Waals surface area (Å²) in [6, 6.07) is 4.29. The maximum absolute atomic E-state index is 13.6. The number of hydrogen-bond acceptors (Lipinski definition) is 3. The lowest BCUT2D eigenvalue weighted by molar-refractivity contribution is 0.0995. The molecule has 0 unspecified atom stereocenters. The van der Waals surface area contributed by atoms with Gasteiger partial charge in [-0.15, -0.1) is 0 Å². The lowest BCUT2D eigenvalue weighted by Gasteiger charge is -2.13. The van der Waals surface area contributed by atoms with E-state index in [1.165, 1.54) is 23.7 Å². The van der Waals surface area contributed by atoms with Crippen LogP contribution < -0.4 is 5.73 Å². The first kappa shape index (κ1) is 13.2. The molecule has 0 aliphatic rings. The van der Waals surface area contributed by atoms with Crippen LogP contribution in [0.4, 0.5) is 4.39 Å². The largest absolute Gasteiger partial charge is 0.389 e. The van der Waals surface area contributed by atoms with Gasteiger partial charge in [0.15, 0.2) is 0 Å². The van der Waals surface area contributed by atoms with Crippen LogP contribution in [0.5, 0.6) is 0 Å². The first-order valence-electron chi connectivity index (χ1n) is 5.74. The van der Waals surface area contributed by atoms with Crippen LogP contribution in [-0.2, 0) is 0 Å². The smallest absolute Gasteiger partial charge is 0.269 e. The number of aliphatic hydroxyl groups excluding tert-OH is 1. The van der Waals surface area contributed by atoms with E-state index in [-0.39, 0.29) is 5.69 Å². The molecule has 2 rings (SSSR count). The summed E-state index contributed by atoms with van der Waals surface area (Å²) in [6.07, 6.45) is 0.685. The lowest BCUT2D eigenvalue weighted by atomic mass is 10.1. The van der Waals surface area contributed by atoms with Crippen molar-refractivity contribution in [1.29, 1.82) is 0 Å². The number of hydrogen-bond donors (Lipinski definition) is 2. The van der Waals surface area contributed by atoms with E-state index in [9.17, 15) is 14.3 Å². The Balaban J connectivity index is 2.59. The monoisotopic (exact) mass is 263 g/mol. The van der Waals surface area contributed by atoms with Crippen LogP contribution >= 0.6 is 0 Å². The number of nitrogens with two attached hydrogens (primary N) is 1. The zero-order valence-electron chi connectivity index (χ0n) is 10.6. The minimum atomic E-state index is -0.855. The molecule has 3 N–H and O–H groups in total. The zero-order chi connectivity index (χ0) is 14.2. The maximum Gasteiger partial charge on any atom is 0.269 e. The average molecular weight is 263 g/mol. The van der Waals surface area contributed by atoms with E-state index in [0.29, 0.717) is 16.8 Å². The van der Waals surface area contributed by atoms with Crippen LogP contribution in [0.25, 0.3) is 5.69 Å². The topological polar surface area (TPSA) is 81.1 Å². The predicted octanol–water partition coefficient (Wildman–Crippen LogP) is 1.47. The summed E-state index contributed by atoms with van der Waals surface area (Å²) in [5, 5.41) is 13.7. The van der Waals surface area contributed by atoms with Crippen molar-refractivity contribution in [2.45, 2.75) is 20.0 Å². The minimum absolute atomic E-state index is 0.110. The van der Waals surface area contributed by atoms with Crippen LogP contribution in [0, 0.1) is 12.7 Å². The molecule has 100 valence electrons. The van der Waals surface area contributed by atoms with Crippen molar-refractivity contribution in [3.8, 4) is 5.69 Å². The quantitative estimate of drug-likeness (QED) is 0.879. The molecule has 0 saturated carbocycles. The number of rotatable bonds is 3. The molecule has 1 aromatic heterocycles. The molecule has 1 amide bonds. The number of aliphatic hydroxyl groups is 1. The Kier molecular flexibility index (Phi) is 3.35.